The first-order chi connectivity index (χ1) is 8.29. The summed E-state index contributed by atoms with van der Waals surface area (Å²) in [6.45, 7) is 0.530. The second-order valence-electron chi connectivity index (χ2n) is 3.31. The summed E-state index contributed by atoms with van der Waals surface area (Å²) in [6.07, 6.45) is 1.87. The lowest BCUT2D eigenvalue weighted by Crippen LogP contribution is -2.06. The van der Waals surface area contributed by atoms with Gasteiger partial charge >= 0.3 is 0 Å². The number of anilines is 1. The summed E-state index contributed by atoms with van der Waals surface area (Å²) in [7, 11) is 0. The lowest BCUT2D eigenvalue weighted by Gasteiger charge is -2.06. The first kappa shape index (κ1) is 11.1. The lowest BCUT2D eigenvalue weighted by atomic mass is 10.2. The number of nitriles is 1. The average Bonchev–Trinajstić information content (AvgIpc) is 2.84. The molecule has 2 aromatic rings. The highest BCUT2D eigenvalue weighted by atomic mass is 19.1. The molecule has 0 bridgehead atoms. The minimum absolute atomic E-state index is 0.274. The summed E-state index contributed by atoms with van der Waals surface area (Å²) >= 11 is 0. The van der Waals surface area contributed by atoms with E-state index in [-0.39, 0.29) is 5.56 Å². The largest absolute Gasteiger partial charge is 0.383 e. The van der Waals surface area contributed by atoms with Gasteiger partial charge < -0.3 is 9.84 Å². The van der Waals surface area contributed by atoms with Crippen LogP contribution in [0.2, 0.25) is 0 Å². The summed E-state index contributed by atoms with van der Waals surface area (Å²) in [4.78, 5) is 3.86. The van der Waals surface area contributed by atoms with Crippen LogP contribution in [0.3, 0.4) is 0 Å². The summed E-state index contributed by atoms with van der Waals surface area (Å²) in [6, 6.07) is 5.95. The molecule has 86 valence electrons. The molecule has 0 spiro atoms. The molecular formula is C11H9FN4O. The van der Waals surface area contributed by atoms with Gasteiger partial charge in [0.25, 0.3) is 0 Å². The van der Waals surface area contributed by atoms with E-state index in [1.165, 1.54) is 24.5 Å². The van der Waals surface area contributed by atoms with Crippen LogP contribution in [-0.4, -0.2) is 16.7 Å². The molecular weight excluding hydrogens is 223 g/mol. The average molecular weight is 232 g/mol. The van der Waals surface area contributed by atoms with Crippen LogP contribution in [0.5, 0.6) is 0 Å². The zero-order chi connectivity index (χ0) is 12.1. The van der Waals surface area contributed by atoms with Gasteiger partial charge in [0.2, 0.25) is 5.89 Å². The Bertz CT molecular complexity index is 533. The molecule has 0 fully saturated rings. The van der Waals surface area contributed by atoms with Crippen molar-refractivity contribution in [3.63, 3.8) is 0 Å². The van der Waals surface area contributed by atoms with Gasteiger partial charge in [0.15, 0.2) is 6.33 Å². The Kier molecular flexibility index (Phi) is 3.31. The van der Waals surface area contributed by atoms with Crippen molar-refractivity contribution in [2.45, 2.75) is 6.42 Å². The molecule has 0 atom stereocenters. The third-order valence-electron chi connectivity index (χ3n) is 2.16. The Morgan fingerprint density at radius 2 is 2.35 bits per heavy atom. The van der Waals surface area contributed by atoms with Crippen molar-refractivity contribution < 1.29 is 8.91 Å². The van der Waals surface area contributed by atoms with Crippen molar-refractivity contribution in [1.29, 1.82) is 5.26 Å². The molecule has 1 N–H and O–H groups in total. The van der Waals surface area contributed by atoms with Crippen LogP contribution >= 0.6 is 0 Å². The van der Waals surface area contributed by atoms with E-state index in [0.29, 0.717) is 24.5 Å². The minimum Gasteiger partial charge on any atom is -0.383 e. The second kappa shape index (κ2) is 5.07. The maximum Gasteiger partial charge on any atom is 0.228 e. The Balaban J connectivity index is 1.97. The monoisotopic (exact) mass is 232 g/mol. The van der Waals surface area contributed by atoms with Crippen LogP contribution < -0.4 is 5.32 Å². The van der Waals surface area contributed by atoms with Gasteiger partial charge in [-0.25, -0.2) is 4.39 Å². The van der Waals surface area contributed by atoms with Gasteiger partial charge in [-0.05, 0) is 18.2 Å². The molecule has 0 aliphatic carbocycles. The summed E-state index contributed by atoms with van der Waals surface area (Å²) in [5.74, 6) is 0.0853. The van der Waals surface area contributed by atoms with Gasteiger partial charge in [-0.2, -0.15) is 10.2 Å². The fourth-order valence-electron chi connectivity index (χ4n) is 1.37. The quantitative estimate of drug-likeness (QED) is 0.868. The Labute approximate surface area is 96.9 Å². The lowest BCUT2D eigenvalue weighted by molar-refractivity contribution is 0.380. The van der Waals surface area contributed by atoms with Gasteiger partial charge in [0.05, 0.1) is 11.3 Å². The number of nitrogens with one attached hydrogen (secondary N) is 1. The van der Waals surface area contributed by atoms with Crippen molar-refractivity contribution in [2.24, 2.45) is 0 Å². The molecule has 0 radical (unpaired) electrons. The van der Waals surface area contributed by atoms with Gasteiger partial charge in [-0.15, -0.1) is 0 Å². The molecule has 0 saturated heterocycles. The van der Waals surface area contributed by atoms with Crippen molar-refractivity contribution in [3.8, 4) is 6.07 Å². The molecule has 1 aromatic carbocycles. The fraction of sp³-hybridized carbons (Fsp3) is 0.182. The van der Waals surface area contributed by atoms with Crippen molar-refractivity contribution in [3.05, 3.63) is 41.8 Å². The number of hydrogen-bond donors (Lipinski definition) is 1. The van der Waals surface area contributed by atoms with E-state index in [9.17, 15) is 4.39 Å². The number of halogens is 1. The molecule has 0 amide bonds. The molecule has 6 heteroatoms. The van der Waals surface area contributed by atoms with Crippen LogP contribution in [0, 0.1) is 17.1 Å². The van der Waals surface area contributed by atoms with Crippen LogP contribution in [0.1, 0.15) is 11.5 Å². The van der Waals surface area contributed by atoms with E-state index in [2.05, 4.69) is 15.5 Å². The van der Waals surface area contributed by atoms with Crippen molar-refractivity contribution in [2.75, 3.05) is 11.9 Å². The van der Waals surface area contributed by atoms with E-state index in [4.69, 9.17) is 9.78 Å². The third kappa shape index (κ3) is 2.78. The van der Waals surface area contributed by atoms with Crippen molar-refractivity contribution in [1.82, 2.24) is 10.1 Å². The van der Waals surface area contributed by atoms with Crippen LogP contribution in [0.15, 0.2) is 29.0 Å². The number of aromatic nitrogens is 2. The topological polar surface area (TPSA) is 74.7 Å². The second-order valence-corrected chi connectivity index (χ2v) is 3.31. The van der Waals surface area contributed by atoms with Crippen LogP contribution in [-0.2, 0) is 6.42 Å². The smallest absolute Gasteiger partial charge is 0.228 e. The van der Waals surface area contributed by atoms with Crippen molar-refractivity contribution >= 4 is 5.69 Å². The molecule has 2 rings (SSSR count). The standard InChI is InChI=1S/C11H9FN4O/c12-9-1-2-10(8(5-9)6-13)14-4-3-11-15-7-16-17-11/h1-2,5,7,14H,3-4H2. The Hall–Kier alpha value is -2.42. The highest BCUT2D eigenvalue weighted by molar-refractivity contribution is 5.57. The molecule has 5 nitrogen and oxygen atoms in total. The van der Waals surface area contributed by atoms with E-state index in [1.54, 1.807) is 0 Å². The highest BCUT2D eigenvalue weighted by Gasteiger charge is 2.04. The summed E-state index contributed by atoms with van der Waals surface area (Å²) in [5, 5.41) is 15.3. The number of rotatable bonds is 4. The molecule has 1 heterocycles. The van der Waals surface area contributed by atoms with Gasteiger partial charge in [0.1, 0.15) is 11.9 Å². The fourth-order valence-corrected chi connectivity index (χ4v) is 1.37. The molecule has 1 aromatic heterocycles. The first-order valence-electron chi connectivity index (χ1n) is 4.98. The van der Waals surface area contributed by atoms with E-state index in [0.717, 1.165) is 0 Å². The normalized spacial score (nSPS) is 9.88. The number of benzene rings is 1. The zero-order valence-corrected chi connectivity index (χ0v) is 8.85. The minimum atomic E-state index is -0.427. The van der Waals surface area contributed by atoms with Gasteiger partial charge in [-0.3, -0.25) is 0 Å². The Morgan fingerprint density at radius 3 is 3.06 bits per heavy atom. The predicted octanol–water partition coefficient (Wildman–Crippen LogP) is 1.73. The van der Waals surface area contributed by atoms with Gasteiger partial charge in [0, 0.05) is 13.0 Å². The first-order valence-corrected chi connectivity index (χ1v) is 4.98. The maximum atomic E-state index is 12.9. The molecule has 0 aliphatic heterocycles. The van der Waals surface area contributed by atoms with E-state index in [1.807, 2.05) is 6.07 Å². The SMILES string of the molecule is N#Cc1cc(F)ccc1NCCc1ncno1. The molecule has 0 unspecified atom stereocenters. The Morgan fingerprint density at radius 1 is 1.47 bits per heavy atom. The molecule has 0 saturated carbocycles. The number of nitrogens with zero attached hydrogens (tertiary/aromatic N) is 3. The van der Waals surface area contributed by atoms with E-state index >= 15 is 0 Å². The molecule has 0 aliphatic rings. The van der Waals surface area contributed by atoms with Gasteiger partial charge in [-0.1, -0.05) is 5.16 Å². The third-order valence-corrected chi connectivity index (χ3v) is 2.16. The zero-order valence-electron chi connectivity index (χ0n) is 8.85. The number of hydrogen-bond acceptors (Lipinski definition) is 5. The van der Waals surface area contributed by atoms with E-state index < -0.39 is 5.82 Å². The summed E-state index contributed by atoms with van der Waals surface area (Å²) < 4.78 is 17.7. The van der Waals surface area contributed by atoms with Crippen LogP contribution in [0.4, 0.5) is 10.1 Å². The maximum absolute atomic E-state index is 12.9. The summed E-state index contributed by atoms with van der Waals surface area (Å²) in [5.41, 5.74) is 0.865. The molecule has 17 heavy (non-hydrogen) atoms. The predicted molar refractivity (Wildman–Crippen MR) is 57.6 cm³/mol. The highest BCUT2D eigenvalue weighted by Crippen LogP contribution is 2.15. The van der Waals surface area contributed by atoms with Crippen LogP contribution in [0.25, 0.3) is 0 Å².